The minimum absolute atomic E-state index is 0.789. The van der Waals surface area contributed by atoms with E-state index in [1.54, 1.807) is 0 Å². The molecule has 0 radical (unpaired) electrons. The Morgan fingerprint density at radius 2 is 2.05 bits per heavy atom. The van der Waals surface area contributed by atoms with E-state index in [-0.39, 0.29) is 0 Å². The van der Waals surface area contributed by atoms with Crippen molar-refractivity contribution in [3.05, 3.63) is 47.7 Å². The number of rotatable bonds is 5. The van der Waals surface area contributed by atoms with Crippen LogP contribution in [0.15, 0.2) is 36.4 Å². The van der Waals surface area contributed by atoms with Gasteiger partial charge in [-0.3, -0.25) is 0 Å². The van der Waals surface area contributed by atoms with E-state index in [4.69, 9.17) is 0 Å². The molecule has 4 heteroatoms. The summed E-state index contributed by atoms with van der Waals surface area (Å²) >= 11 is 0. The molecule has 0 bridgehead atoms. The third kappa shape index (κ3) is 3.22. The molecule has 3 rings (SSSR count). The Morgan fingerprint density at radius 3 is 2.86 bits per heavy atom. The summed E-state index contributed by atoms with van der Waals surface area (Å²) in [6.45, 7) is 4.98. The van der Waals surface area contributed by atoms with Gasteiger partial charge >= 0.3 is 0 Å². The number of nitrogens with zero attached hydrogens (tertiary/aromatic N) is 3. The minimum atomic E-state index is 0.789. The second-order valence-corrected chi connectivity index (χ2v) is 5.44. The molecule has 1 aliphatic heterocycles. The highest BCUT2D eigenvalue weighted by Crippen LogP contribution is 2.31. The van der Waals surface area contributed by atoms with Gasteiger partial charge in [0.15, 0.2) is 5.82 Å². The third-order valence-electron chi connectivity index (χ3n) is 3.83. The summed E-state index contributed by atoms with van der Waals surface area (Å²) in [5.41, 5.74) is 3.67. The lowest BCUT2D eigenvalue weighted by Crippen LogP contribution is -2.25. The predicted octanol–water partition coefficient (Wildman–Crippen LogP) is 3.06. The van der Waals surface area contributed by atoms with Crippen LogP contribution in [0.2, 0.25) is 0 Å². The van der Waals surface area contributed by atoms with E-state index in [0.29, 0.717) is 0 Å². The number of nitrogens with one attached hydrogen (secondary N) is 1. The molecule has 0 fully saturated rings. The highest BCUT2D eigenvalue weighted by molar-refractivity contribution is 5.64. The van der Waals surface area contributed by atoms with Gasteiger partial charge in [0.25, 0.3) is 0 Å². The van der Waals surface area contributed by atoms with Crippen LogP contribution in [0, 0.1) is 0 Å². The van der Waals surface area contributed by atoms with Crippen molar-refractivity contribution in [2.75, 3.05) is 18.0 Å². The summed E-state index contributed by atoms with van der Waals surface area (Å²) < 4.78 is 0. The van der Waals surface area contributed by atoms with Gasteiger partial charge in [0, 0.05) is 18.8 Å². The number of fused-ring (bicyclic) bond motifs is 1. The van der Waals surface area contributed by atoms with Gasteiger partial charge in [-0.15, -0.1) is 5.10 Å². The molecule has 1 aromatic heterocycles. The molecule has 0 atom stereocenters. The molecule has 1 aromatic carbocycles. The summed E-state index contributed by atoms with van der Waals surface area (Å²) in [6.07, 6.45) is 3.45. The molecule has 0 saturated carbocycles. The molecule has 1 aliphatic rings. The molecular weight excluding hydrogens is 260 g/mol. The Kier molecular flexibility index (Phi) is 4.46. The third-order valence-corrected chi connectivity index (χ3v) is 3.83. The molecule has 1 N–H and O–H groups in total. The molecular formula is C17H22N4. The molecule has 0 amide bonds. The van der Waals surface area contributed by atoms with E-state index in [9.17, 15) is 0 Å². The van der Waals surface area contributed by atoms with Gasteiger partial charge in [0.1, 0.15) is 0 Å². The maximum Gasteiger partial charge on any atom is 0.155 e. The molecule has 2 aromatic rings. The molecule has 21 heavy (non-hydrogen) atoms. The van der Waals surface area contributed by atoms with Crippen molar-refractivity contribution in [2.24, 2.45) is 0 Å². The molecule has 110 valence electrons. The minimum Gasteiger partial charge on any atom is -0.325 e. The van der Waals surface area contributed by atoms with Crippen LogP contribution in [0.1, 0.15) is 31.0 Å². The Bertz CT molecular complexity index is 580. The highest BCUT2D eigenvalue weighted by Gasteiger charge is 2.18. The number of benzene rings is 1. The van der Waals surface area contributed by atoms with Crippen molar-refractivity contribution in [2.45, 2.75) is 32.7 Å². The number of hydrogen-bond acceptors (Lipinski definition) is 4. The smallest absolute Gasteiger partial charge is 0.155 e. The van der Waals surface area contributed by atoms with Gasteiger partial charge in [-0.05, 0) is 49.6 Å². The maximum atomic E-state index is 4.42. The van der Waals surface area contributed by atoms with E-state index in [1.807, 2.05) is 0 Å². The van der Waals surface area contributed by atoms with E-state index >= 15 is 0 Å². The summed E-state index contributed by atoms with van der Waals surface area (Å²) in [6, 6.07) is 12.7. The summed E-state index contributed by atoms with van der Waals surface area (Å²) in [4.78, 5) is 2.27. The van der Waals surface area contributed by atoms with Crippen LogP contribution in [0.4, 0.5) is 11.5 Å². The van der Waals surface area contributed by atoms with Gasteiger partial charge in [-0.2, -0.15) is 5.10 Å². The van der Waals surface area contributed by atoms with Crippen molar-refractivity contribution in [1.29, 1.82) is 0 Å². The standard InChI is InChI=1S/C17H22N4/c1-2-11-18-13-15-9-10-17(20-19-15)21-12-5-7-14-6-3-4-8-16(14)21/h3-4,6,8-10,18H,2,5,7,11-13H2,1H3. The normalized spacial score (nSPS) is 14.0. The monoisotopic (exact) mass is 282 g/mol. The number of anilines is 2. The van der Waals surface area contributed by atoms with Crippen molar-refractivity contribution in [3.63, 3.8) is 0 Å². The molecule has 0 saturated heterocycles. The molecule has 2 heterocycles. The highest BCUT2D eigenvalue weighted by atomic mass is 15.3. The Morgan fingerprint density at radius 1 is 1.14 bits per heavy atom. The van der Waals surface area contributed by atoms with Gasteiger partial charge in [0.05, 0.1) is 5.69 Å². The van der Waals surface area contributed by atoms with Crippen LogP contribution < -0.4 is 10.2 Å². The van der Waals surface area contributed by atoms with E-state index in [0.717, 1.165) is 44.0 Å². The zero-order chi connectivity index (χ0) is 14.5. The second kappa shape index (κ2) is 6.68. The molecule has 4 nitrogen and oxygen atoms in total. The fourth-order valence-corrected chi connectivity index (χ4v) is 2.76. The van der Waals surface area contributed by atoms with Crippen molar-refractivity contribution in [1.82, 2.24) is 15.5 Å². The average Bonchev–Trinajstić information content (AvgIpc) is 2.55. The van der Waals surface area contributed by atoms with Crippen LogP contribution in [-0.4, -0.2) is 23.3 Å². The van der Waals surface area contributed by atoms with Gasteiger partial charge in [0.2, 0.25) is 0 Å². The Labute approximate surface area is 126 Å². The van der Waals surface area contributed by atoms with Gasteiger partial charge < -0.3 is 10.2 Å². The fourth-order valence-electron chi connectivity index (χ4n) is 2.76. The first-order valence-electron chi connectivity index (χ1n) is 7.77. The van der Waals surface area contributed by atoms with Crippen LogP contribution in [0.25, 0.3) is 0 Å². The zero-order valence-corrected chi connectivity index (χ0v) is 12.5. The van der Waals surface area contributed by atoms with Gasteiger partial charge in [-0.25, -0.2) is 0 Å². The van der Waals surface area contributed by atoms with Crippen LogP contribution in [0.5, 0.6) is 0 Å². The van der Waals surface area contributed by atoms with Crippen molar-refractivity contribution >= 4 is 11.5 Å². The quantitative estimate of drug-likeness (QED) is 0.856. The lowest BCUT2D eigenvalue weighted by Gasteiger charge is -2.29. The number of aryl methyl sites for hydroxylation is 1. The number of aromatic nitrogens is 2. The first-order chi connectivity index (χ1) is 10.4. The fraction of sp³-hybridized carbons (Fsp3) is 0.412. The van der Waals surface area contributed by atoms with E-state index in [1.165, 1.54) is 17.7 Å². The second-order valence-electron chi connectivity index (χ2n) is 5.44. The first-order valence-corrected chi connectivity index (χ1v) is 7.77. The van der Waals surface area contributed by atoms with Gasteiger partial charge in [-0.1, -0.05) is 25.1 Å². The summed E-state index contributed by atoms with van der Waals surface area (Å²) in [5, 5.41) is 12.1. The number of para-hydroxylation sites is 1. The number of hydrogen-bond donors (Lipinski definition) is 1. The average molecular weight is 282 g/mol. The van der Waals surface area contributed by atoms with Crippen molar-refractivity contribution < 1.29 is 0 Å². The van der Waals surface area contributed by atoms with Crippen LogP contribution in [0.3, 0.4) is 0 Å². The van der Waals surface area contributed by atoms with E-state index < -0.39 is 0 Å². The van der Waals surface area contributed by atoms with Crippen LogP contribution in [-0.2, 0) is 13.0 Å². The zero-order valence-electron chi connectivity index (χ0n) is 12.5. The lowest BCUT2D eigenvalue weighted by atomic mass is 10.0. The predicted molar refractivity (Wildman–Crippen MR) is 85.8 cm³/mol. The first kappa shape index (κ1) is 14.0. The summed E-state index contributed by atoms with van der Waals surface area (Å²) in [5.74, 6) is 0.946. The largest absolute Gasteiger partial charge is 0.325 e. The lowest BCUT2D eigenvalue weighted by molar-refractivity contribution is 0.655. The van der Waals surface area contributed by atoms with E-state index in [2.05, 4.69) is 63.7 Å². The SMILES string of the molecule is CCCNCc1ccc(N2CCCc3ccccc32)nn1. The molecule has 0 unspecified atom stereocenters. The maximum absolute atomic E-state index is 4.42. The topological polar surface area (TPSA) is 41.0 Å². The van der Waals surface area contributed by atoms with Crippen LogP contribution >= 0.6 is 0 Å². The molecule has 0 spiro atoms. The Hall–Kier alpha value is -1.94. The Balaban J connectivity index is 1.76. The van der Waals surface area contributed by atoms with Crippen molar-refractivity contribution in [3.8, 4) is 0 Å². The molecule has 0 aliphatic carbocycles. The summed E-state index contributed by atoms with van der Waals surface area (Å²) in [7, 11) is 0.